The first-order valence-electron chi connectivity index (χ1n) is 4.98. The van der Waals surface area contributed by atoms with Crippen molar-refractivity contribution in [1.29, 1.82) is 0 Å². The molecule has 1 heterocycles. The van der Waals surface area contributed by atoms with Crippen molar-refractivity contribution in [1.82, 2.24) is 0 Å². The quantitative estimate of drug-likeness (QED) is 0.610. The summed E-state index contributed by atoms with van der Waals surface area (Å²) < 4.78 is 5.79. The second-order valence-corrected chi connectivity index (χ2v) is 3.64. The summed E-state index contributed by atoms with van der Waals surface area (Å²) in [5.74, 6) is 0. The molecular weight excluding hydrogens is 136 g/mol. The lowest BCUT2D eigenvalue weighted by Crippen LogP contribution is -2.25. The van der Waals surface area contributed by atoms with E-state index in [9.17, 15) is 0 Å². The predicted molar refractivity (Wildman–Crippen MR) is 47.7 cm³/mol. The Morgan fingerprint density at radius 3 is 2.82 bits per heavy atom. The normalized spacial score (nSPS) is 32.2. The number of hydrogen-bond acceptors (Lipinski definition) is 1. The largest absolute Gasteiger partial charge is 0.375 e. The van der Waals surface area contributed by atoms with Crippen molar-refractivity contribution in [2.75, 3.05) is 0 Å². The van der Waals surface area contributed by atoms with Gasteiger partial charge in [0.25, 0.3) is 0 Å². The zero-order valence-electron chi connectivity index (χ0n) is 7.81. The van der Waals surface area contributed by atoms with E-state index in [0.29, 0.717) is 12.2 Å². The number of ether oxygens (including phenoxy) is 1. The van der Waals surface area contributed by atoms with Gasteiger partial charge in [0.05, 0.1) is 12.2 Å². The zero-order valence-corrected chi connectivity index (χ0v) is 7.81. The molecule has 0 radical (unpaired) electrons. The van der Waals surface area contributed by atoms with E-state index in [2.05, 4.69) is 13.8 Å². The van der Waals surface area contributed by atoms with Crippen LogP contribution in [0.4, 0.5) is 0 Å². The Morgan fingerprint density at radius 2 is 2.18 bits per heavy atom. The zero-order chi connectivity index (χ0) is 8.10. The van der Waals surface area contributed by atoms with Crippen molar-refractivity contribution < 1.29 is 4.74 Å². The molecule has 0 N–H and O–H groups in total. The monoisotopic (exact) mass is 156 g/mol. The molecule has 0 aromatic carbocycles. The first-order valence-corrected chi connectivity index (χ1v) is 4.98. The topological polar surface area (TPSA) is 9.23 Å². The number of hydrogen-bond donors (Lipinski definition) is 0. The van der Waals surface area contributed by atoms with E-state index in [1.807, 2.05) is 0 Å². The highest BCUT2D eigenvalue weighted by atomic mass is 16.5. The molecule has 0 spiro atoms. The maximum Gasteiger partial charge on any atom is 0.0578 e. The highest BCUT2D eigenvalue weighted by Crippen LogP contribution is 2.21. The molecule has 2 atom stereocenters. The van der Waals surface area contributed by atoms with Gasteiger partial charge < -0.3 is 4.74 Å². The third-order valence-electron chi connectivity index (χ3n) is 2.44. The average molecular weight is 156 g/mol. The van der Waals surface area contributed by atoms with E-state index in [1.165, 1.54) is 38.5 Å². The van der Waals surface area contributed by atoms with Gasteiger partial charge in [0.1, 0.15) is 0 Å². The van der Waals surface area contributed by atoms with Crippen molar-refractivity contribution in [3.63, 3.8) is 0 Å². The van der Waals surface area contributed by atoms with Crippen LogP contribution in [0.15, 0.2) is 0 Å². The highest BCUT2D eigenvalue weighted by molar-refractivity contribution is 4.67. The second-order valence-electron chi connectivity index (χ2n) is 3.64. The van der Waals surface area contributed by atoms with Gasteiger partial charge in [0.2, 0.25) is 0 Å². The van der Waals surface area contributed by atoms with Crippen LogP contribution in [0.3, 0.4) is 0 Å². The van der Waals surface area contributed by atoms with Crippen LogP contribution in [0.2, 0.25) is 0 Å². The molecule has 66 valence electrons. The third kappa shape index (κ3) is 3.24. The van der Waals surface area contributed by atoms with Crippen LogP contribution in [0.1, 0.15) is 52.4 Å². The Morgan fingerprint density at radius 1 is 1.36 bits per heavy atom. The minimum atomic E-state index is 0.519. The van der Waals surface area contributed by atoms with E-state index in [1.54, 1.807) is 0 Å². The molecule has 0 bridgehead atoms. The van der Waals surface area contributed by atoms with E-state index in [4.69, 9.17) is 4.74 Å². The van der Waals surface area contributed by atoms with Gasteiger partial charge in [0, 0.05) is 0 Å². The Balaban J connectivity index is 2.12. The van der Waals surface area contributed by atoms with Crippen molar-refractivity contribution in [2.24, 2.45) is 0 Å². The minimum Gasteiger partial charge on any atom is -0.375 e. The fraction of sp³-hybridized carbons (Fsp3) is 1.00. The standard InChI is InChI=1S/C10H20O/c1-3-4-7-10-8-5-6-9(2)11-10/h9-10H,3-8H2,1-2H3/t9-,10+/m1/s1. The molecule has 1 fully saturated rings. The van der Waals surface area contributed by atoms with Crippen molar-refractivity contribution in [3.05, 3.63) is 0 Å². The Bertz CT molecular complexity index is 101. The molecular formula is C10H20O. The van der Waals surface area contributed by atoms with Gasteiger partial charge in [0.15, 0.2) is 0 Å². The molecule has 0 saturated carbocycles. The Hall–Kier alpha value is -0.0400. The highest BCUT2D eigenvalue weighted by Gasteiger charge is 2.17. The summed E-state index contributed by atoms with van der Waals surface area (Å²) in [6.07, 6.45) is 8.94. The number of unbranched alkanes of at least 4 members (excludes halogenated alkanes) is 1. The lowest BCUT2D eigenvalue weighted by Gasteiger charge is -2.27. The van der Waals surface area contributed by atoms with Crippen LogP contribution in [-0.4, -0.2) is 12.2 Å². The summed E-state index contributed by atoms with van der Waals surface area (Å²) in [6.45, 7) is 4.43. The summed E-state index contributed by atoms with van der Waals surface area (Å²) in [4.78, 5) is 0. The summed E-state index contributed by atoms with van der Waals surface area (Å²) in [7, 11) is 0. The number of rotatable bonds is 3. The van der Waals surface area contributed by atoms with Crippen LogP contribution in [0.25, 0.3) is 0 Å². The van der Waals surface area contributed by atoms with Crippen LogP contribution in [0.5, 0.6) is 0 Å². The molecule has 0 aromatic rings. The minimum absolute atomic E-state index is 0.519. The summed E-state index contributed by atoms with van der Waals surface area (Å²) >= 11 is 0. The van der Waals surface area contributed by atoms with E-state index in [0.717, 1.165) is 0 Å². The molecule has 1 nitrogen and oxygen atoms in total. The van der Waals surface area contributed by atoms with Crippen LogP contribution < -0.4 is 0 Å². The smallest absolute Gasteiger partial charge is 0.0578 e. The predicted octanol–water partition coefficient (Wildman–Crippen LogP) is 3.13. The fourth-order valence-electron chi connectivity index (χ4n) is 1.74. The Labute approximate surface area is 70.1 Å². The SMILES string of the molecule is CCCC[C@H]1CCC[C@@H](C)O1. The Kier molecular flexibility index (Phi) is 3.92. The molecule has 1 rings (SSSR count). The second kappa shape index (κ2) is 4.76. The first kappa shape index (κ1) is 9.05. The fourth-order valence-corrected chi connectivity index (χ4v) is 1.74. The lowest BCUT2D eigenvalue weighted by atomic mass is 10.0. The maximum absolute atomic E-state index is 5.79. The molecule has 1 aliphatic heterocycles. The van der Waals surface area contributed by atoms with Gasteiger partial charge in [-0.15, -0.1) is 0 Å². The molecule has 11 heavy (non-hydrogen) atoms. The van der Waals surface area contributed by atoms with Gasteiger partial charge in [-0.25, -0.2) is 0 Å². The lowest BCUT2D eigenvalue weighted by molar-refractivity contribution is -0.0439. The average Bonchev–Trinajstić information content (AvgIpc) is 2.01. The van der Waals surface area contributed by atoms with Gasteiger partial charge >= 0.3 is 0 Å². The van der Waals surface area contributed by atoms with Gasteiger partial charge in [-0.05, 0) is 32.6 Å². The van der Waals surface area contributed by atoms with Crippen LogP contribution >= 0.6 is 0 Å². The van der Waals surface area contributed by atoms with Crippen LogP contribution in [0, 0.1) is 0 Å². The third-order valence-corrected chi connectivity index (χ3v) is 2.44. The molecule has 0 amide bonds. The molecule has 0 aliphatic carbocycles. The first-order chi connectivity index (χ1) is 5.33. The molecule has 1 aliphatic rings. The summed E-state index contributed by atoms with van der Waals surface area (Å²) in [5, 5.41) is 0. The van der Waals surface area contributed by atoms with Gasteiger partial charge in [-0.3, -0.25) is 0 Å². The van der Waals surface area contributed by atoms with Crippen molar-refractivity contribution in [2.45, 2.75) is 64.6 Å². The molecule has 0 aromatic heterocycles. The summed E-state index contributed by atoms with van der Waals surface area (Å²) in [5.41, 5.74) is 0. The summed E-state index contributed by atoms with van der Waals surface area (Å²) in [6, 6.07) is 0. The van der Waals surface area contributed by atoms with E-state index < -0.39 is 0 Å². The van der Waals surface area contributed by atoms with E-state index >= 15 is 0 Å². The van der Waals surface area contributed by atoms with Gasteiger partial charge in [-0.2, -0.15) is 0 Å². The molecule has 0 unspecified atom stereocenters. The molecule has 1 saturated heterocycles. The van der Waals surface area contributed by atoms with E-state index in [-0.39, 0.29) is 0 Å². The van der Waals surface area contributed by atoms with Crippen molar-refractivity contribution in [3.8, 4) is 0 Å². The van der Waals surface area contributed by atoms with Gasteiger partial charge in [-0.1, -0.05) is 19.8 Å². The van der Waals surface area contributed by atoms with Crippen molar-refractivity contribution >= 4 is 0 Å². The maximum atomic E-state index is 5.79. The van der Waals surface area contributed by atoms with Crippen LogP contribution in [-0.2, 0) is 4.74 Å². The molecule has 1 heteroatoms.